The van der Waals surface area contributed by atoms with Crippen LogP contribution in [0.1, 0.15) is 56.6 Å². The number of carboxylic acids is 1. The van der Waals surface area contributed by atoms with Crippen molar-refractivity contribution in [2.45, 2.75) is 51.5 Å². The minimum Gasteiger partial charge on any atom is -0.481 e. The number of rotatable bonds is 8. The molecule has 0 bridgehead atoms. The molecule has 186 valence electrons. The van der Waals surface area contributed by atoms with E-state index in [4.69, 9.17) is 4.74 Å². The topological polar surface area (TPSA) is 105 Å². The van der Waals surface area contributed by atoms with Gasteiger partial charge in [-0.2, -0.15) is 0 Å². The van der Waals surface area contributed by atoms with Gasteiger partial charge >= 0.3 is 12.1 Å². The van der Waals surface area contributed by atoms with Crippen LogP contribution in [0.4, 0.5) is 4.79 Å². The van der Waals surface area contributed by atoms with E-state index < -0.39 is 23.9 Å². The molecule has 0 saturated heterocycles. The number of carbonyl (C=O) groups is 3. The highest BCUT2D eigenvalue weighted by atomic mass is 16.5. The first-order chi connectivity index (χ1) is 16.9. The van der Waals surface area contributed by atoms with Crippen molar-refractivity contribution in [3.05, 3.63) is 59.7 Å². The first kappa shape index (κ1) is 24.8. The Labute approximate surface area is 206 Å². The summed E-state index contributed by atoms with van der Waals surface area (Å²) in [5, 5.41) is 15.1. The number of amides is 2. The first-order valence-electron chi connectivity index (χ1n) is 12.5. The van der Waals surface area contributed by atoms with Gasteiger partial charge in [-0.15, -0.1) is 0 Å². The van der Waals surface area contributed by atoms with Crippen LogP contribution in [0.3, 0.4) is 0 Å². The molecule has 4 rings (SSSR count). The van der Waals surface area contributed by atoms with Gasteiger partial charge in [0.15, 0.2) is 0 Å². The van der Waals surface area contributed by atoms with Gasteiger partial charge in [0.05, 0.1) is 11.8 Å². The third kappa shape index (κ3) is 5.50. The number of benzene rings is 2. The molecule has 3 atom stereocenters. The van der Waals surface area contributed by atoms with Gasteiger partial charge in [-0.1, -0.05) is 75.2 Å². The maximum absolute atomic E-state index is 12.9. The molecule has 35 heavy (non-hydrogen) atoms. The summed E-state index contributed by atoms with van der Waals surface area (Å²) >= 11 is 0. The molecule has 0 radical (unpaired) electrons. The summed E-state index contributed by atoms with van der Waals surface area (Å²) in [5.41, 5.74) is 4.63. The Hall–Kier alpha value is -3.35. The smallest absolute Gasteiger partial charge is 0.407 e. The predicted molar refractivity (Wildman–Crippen MR) is 133 cm³/mol. The van der Waals surface area contributed by atoms with Crippen LogP contribution in [-0.4, -0.2) is 42.3 Å². The number of hydrogen-bond acceptors (Lipinski definition) is 4. The van der Waals surface area contributed by atoms with Crippen molar-refractivity contribution in [1.29, 1.82) is 0 Å². The third-order valence-corrected chi connectivity index (χ3v) is 7.37. The van der Waals surface area contributed by atoms with Gasteiger partial charge in [-0.25, -0.2) is 4.79 Å². The summed E-state index contributed by atoms with van der Waals surface area (Å²) in [5.74, 6) is -2.28. The van der Waals surface area contributed by atoms with E-state index in [0.29, 0.717) is 12.8 Å². The van der Waals surface area contributed by atoms with Gasteiger partial charge in [0.1, 0.15) is 6.61 Å². The van der Waals surface area contributed by atoms with Crippen LogP contribution in [0.5, 0.6) is 0 Å². The summed E-state index contributed by atoms with van der Waals surface area (Å²) in [6.07, 6.45) is 2.63. The number of hydrogen-bond donors (Lipinski definition) is 3. The van der Waals surface area contributed by atoms with Crippen molar-refractivity contribution in [3.8, 4) is 11.1 Å². The molecule has 1 saturated carbocycles. The van der Waals surface area contributed by atoms with Crippen LogP contribution in [-0.2, 0) is 14.3 Å². The molecule has 0 heterocycles. The van der Waals surface area contributed by atoms with E-state index in [1.54, 1.807) is 0 Å². The van der Waals surface area contributed by atoms with Crippen molar-refractivity contribution in [2.75, 3.05) is 13.2 Å². The zero-order chi connectivity index (χ0) is 24.9. The number of carbonyl (C=O) groups excluding carboxylic acids is 2. The van der Waals surface area contributed by atoms with Crippen LogP contribution in [0.25, 0.3) is 11.1 Å². The van der Waals surface area contributed by atoms with Gasteiger partial charge < -0.3 is 20.5 Å². The first-order valence-corrected chi connectivity index (χ1v) is 12.5. The minimum atomic E-state index is -0.919. The largest absolute Gasteiger partial charge is 0.481 e. The van der Waals surface area contributed by atoms with Crippen LogP contribution >= 0.6 is 0 Å². The number of alkyl carbamates (subject to hydrolysis) is 1. The van der Waals surface area contributed by atoms with Crippen molar-refractivity contribution >= 4 is 18.0 Å². The van der Waals surface area contributed by atoms with Crippen LogP contribution < -0.4 is 10.6 Å². The maximum atomic E-state index is 12.9. The summed E-state index contributed by atoms with van der Waals surface area (Å²) in [7, 11) is 0. The zero-order valence-electron chi connectivity index (χ0n) is 20.3. The van der Waals surface area contributed by atoms with Crippen molar-refractivity contribution in [1.82, 2.24) is 10.6 Å². The molecule has 0 aliphatic heterocycles. The molecule has 2 aliphatic rings. The third-order valence-electron chi connectivity index (χ3n) is 7.37. The van der Waals surface area contributed by atoms with E-state index in [1.165, 1.54) is 11.1 Å². The fraction of sp³-hybridized carbons (Fsp3) is 0.464. The Balaban J connectivity index is 1.36. The molecule has 1 fully saturated rings. The van der Waals surface area contributed by atoms with Crippen LogP contribution in [0, 0.1) is 17.8 Å². The van der Waals surface area contributed by atoms with Crippen LogP contribution in [0.15, 0.2) is 48.5 Å². The van der Waals surface area contributed by atoms with Crippen molar-refractivity contribution < 1.29 is 24.2 Å². The standard InChI is InChI=1S/C28H34N2O5/c1-17(2)23(27(32)33)15-29-26(31)22-13-7-8-14-25(22)30-28(34)35-16-24-20-11-5-3-9-18(20)19-10-4-6-12-21(19)24/h3-6,9-12,17,22-25H,7-8,13-16H2,1-2H3,(H,29,31)(H,30,34)(H,32,33)/t22-,23?,25+/m1/s1. The average molecular weight is 479 g/mol. The summed E-state index contributed by atoms with van der Waals surface area (Å²) in [4.78, 5) is 37.1. The molecule has 0 spiro atoms. The van der Waals surface area contributed by atoms with E-state index in [-0.39, 0.29) is 36.9 Å². The number of fused-ring (bicyclic) bond motifs is 3. The lowest BCUT2D eigenvalue weighted by atomic mass is 9.83. The average Bonchev–Trinajstić information content (AvgIpc) is 3.16. The molecule has 1 unspecified atom stereocenters. The van der Waals surface area contributed by atoms with Crippen LogP contribution in [0.2, 0.25) is 0 Å². The summed E-state index contributed by atoms with van der Waals surface area (Å²) in [6, 6.07) is 16.0. The molecular formula is C28H34N2O5. The second-order valence-corrected chi connectivity index (χ2v) is 9.90. The molecule has 0 aromatic heterocycles. The fourth-order valence-corrected chi connectivity index (χ4v) is 5.36. The van der Waals surface area contributed by atoms with E-state index >= 15 is 0 Å². The molecule has 2 aromatic rings. The molecular weight excluding hydrogens is 444 g/mol. The Morgan fingerprint density at radius 2 is 1.57 bits per heavy atom. The van der Waals surface area contributed by atoms with Gasteiger partial charge in [-0.3, -0.25) is 9.59 Å². The normalized spacial score (nSPS) is 20.0. The molecule has 3 N–H and O–H groups in total. The molecule has 2 aliphatic carbocycles. The summed E-state index contributed by atoms with van der Waals surface area (Å²) in [6.45, 7) is 3.96. The minimum absolute atomic E-state index is 0.0254. The fourth-order valence-electron chi connectivity index (χ4n) is 5.36. The highest BCUT2D eigenvalue weighted by Crippen LogP contribution is 2.44. The van der Waals surface area contributed by atoms with Crippen molar-refractivity contribution in [3.63, 3.8) is 0 Å². The van der Waals surface area contributed by atoms with E-state index in [2.05, 4.69) is 34.9 Å². The Morgan fingerprint density at radius 3 is 2.17 bits per heavy atom. The number of ether oxygens (including phenoxy) is 1. The zero-order valence-corrected chi connectivity index (χ0v) is 20.3. The van der Waals surface area contributed by atoms with E-state index in [0.717, 1.165) is 24.0 Å². The monoisotopic (exact) mass is 478 g/mol. The highest BCUT2D eigenvalue weighted by molar-refractivity contribution is 5.82. The lowest BCUT2D eigenvalue weighted by Crippen LogP contribution is -2.49. The van der Waals surface area contributed by atoms with E-state index in [1.807, 2.05) is 38.1 Å². The highest BCUT2D eigenvalue weighted by Gasteiger charge is 2.34. The summed E-state index contributed by atoms with van der Waals surface area (Å²) < 4.78 is 5.67. The maximum Gasteiger partial charge on any atom is 0.407 e. The quantitative estimate of drug-likeness (QED) is 0.516. The molecule has 2 aromatic carbocycles. The van der Waals surface area contributed by atoms with E-state index in [9.17, 15) is 19.5 Å². The lowest BCUT2D eigenvalue weighted by molar-refractivity contribution is -0.143. The van der Waals surface area contributed by atoms with Gasteiger partial charge in [0, 0.05) is 18.5 Å². The second-order valence-electron chi connectivity index (χ2n) is 9.90. The van der Waals surface area contributed by atoms with Gasteiger partial charge in [-0.05, 0) is 41.0 Å². The number of aliphatic carboxylic acids is 1. The SMILES string of the molecule is CC(C)C(CNC(=O)[C@@H]1CCCC[C@@H]1NC(=O)OCC1c2ccccc2-c2ccccc21)C(=O)O. The van der Waals surface area contributed by atoms with Crippen molar-refractivity contribution in [2.24, 2.45) is 17.8 Å². The number of carboxylic acid groups (broad SMARTS) is 1. The Kier molecular flexibility index (Phi) is 7.73. The Bertz CT molecular complexity index is 1040. The second kappa shape index (κ2) is 10.9. The number of nitrogens with one attached hydrogen (secondary N) is 2. The molecule has 2 amide bonds. The van der Waals surface area contributed by atoms with Gasteiger partial charge in [0.2, 0.25) is 5.91 Å². The van der Waals surface area contributed by atoms with Gasteiger partial charge in [0.25, 0.3) is 0 Å². The predicted octanol–water partition coefficient (Wildman–Crippen LogP) is 4.56. The Morgan fingerprint density at radius 1 is 0.971 bits per heavy atom. The molecule has 7 nitrogen and oxygen atoms in total. The lowest BCUT2D eigenvalue weighted by Gasteiger charge is -2.31. The molecule has 7 heteroatoms.